The summed E-state index contributed by atoms with van der Waals surface area (Å²) in [7, 11) is 1.70. The number of amides is 1. The molecule has 15 heavy (non-hydrogen) atoms. The number of anilines is 1. The van der Waals surface area contributed by atoms with E-state index in [0.29, 0.717) is 6.54 Å². The van der Waals surface area contributed by atoms with E-state index in [4.69, 9.17) is 0 Å². The number of likely N-dealkylation sites (N-methyl/N-ethyl adjacent to an activating group) is 1. The predicted molar refractivity (Wildman–Crippen MR) is 53.8 cm³/mol. The van der Waals surface area contributed by atoms with Crippen molar-refractivity contribution in [3.8, 4) is 0 Å². The Labute approximate surface area is 87.3 Å². The molecule has 0 saturated heterocycles. The second-order valence-corrected chi connectivity index (χ2v) is 2.99. The number of carbonyl (C=O) groups excluding carboxylic acids is 1. The lowest BCUT2D eigenvalue weighted by Crippen LogP contribution is -2.32. The van der Waals surface area contributed by atoms with E-state index in [0.717, 1.165) is 12.4 Å². The first kappa shape index (κ1) is 11.4. The average Bonchev–Trinajstić information content (AvgIpc) is 2.26. The molecule has 0 atom stereocenters. The van der Waals surface area contributed by atoms with Crippen LogP contribution >= 0.6 is 0 Å². The summed E-state index contributed by atoms with van der Waals surface area (Å²) in [6.07, 6.45) is 2.09. The molecule has 0 radical (unpaired) electrons. The number of carbonyl (C=O) groups is 1. The summed E-state index contributed by atoms with van der Waals surface area (Å²) < 4.78 is 12.4. The number of nitrogens with one attached hydrogen (secondary N) is 1. The molecule has 0 saturated carbocycles. The van der Waals surface area contributed by atoms with Crippen molar-refractivity contribution in [2.45, 2.75) is 6.92 Å². The van der Waals surface area contributed by atoms with E-state index in [1.54, 1.807) is 11.9 Å². The van der Waals surface area contributed by atoms with Crippen LogP contribution in [0.1, 0.15) is 6.92 Å². The van der Waals surface area contributed by atoms with Crippen LogP contribution in [0.25, 0.3) is 0 Å². The first-order valence-electron chi connectivity index (χ1n) is 4.59. The Kier molecular flexibility index (Phi) is 3.96. The first-order valence-corrected chi connectivity index (χ1v) is 4.59. The van der Waals surface area contributed by atoms with Gasteiger partial charge in [0.25, 0.3) is 0 Å². The highest BCUT2D eigenvalue weighted by atomic mass is 19.1. The molecule has 82 valence electrons. The van der Waals surface area contributed by atoms with Crippen LogP contribution in [0.2, 0.25) is 0 Å². The maximum Gasteiger partial charge on any atom is 0.241 e. The van der Waals surface area contributed by atoms with Crippen LogP contribution in [0.3, 0.4) is 0 Å². The predicted octanol–water partition coefficient (Wildman–Crippen LogP) is 0.506. The van der Waals surface area contributed by atoms with E-state index in [1.807, 2.05) is 6.92 Å². The van der Waals surface area contributed by atoms with Gasteiger partial charge in [-0.2, -0.15) is 0 Å². The van der Waals surface area contributed by atoms with Crippen molar-refractivity contribution in [2.24, 2.45) is 0 Å². The molecule has 6 heteroatoms. The molecule has 0 aliphatic rings. The molecule has 0 spiro atoms. The third-order valence-corrected chi connectivity index (χ3v) is 1.92. The summed E-state index contributed by atoms with van der Waals surface area (Å²) in [4.78, 5) is 20.2. The van der Waals surface area contributed by atoms with Gasteiger partial charge in [-0.05, 0) is 6.92 Å². The van der Waals surface area contributed by atoms with E-state index in [2.05, 4.69) is 15.3 Å². The zero-order chi connectivity index (χ0) is 11.3. The molecular formula is C9H13FN4O. The van der Waals surface area contributed by atoms with Crippen molar-refractivity contribution in [3.05, 3.63) is 18.2 Å². The molecule has 1 N–H and O–H groups in total. The maximum absolute atomic E-state index is 12.4. The number of hydrogen-bond acceptors (Lipinski definition) is 4. The van der Waals surface area contributed by atoms with Crippen LogP contribution in [-0.4, -0.2) is 40.9 Å². The molecule has 1 aromatic heterocycles. The van der Waals surface area contributed by atoms with Crippen molar-refractivity contribution < 1.29 is 9.18 Å². The number of rotatable bonds is 4. The Balaban J connectivity index is 2.43. The summed E-state index contributed by atoms with van der Waals surface area (Å²) in [5, 5.41) is 2.71. The minimum atomic E-state index is -0.502. The highest BCUT2D eigenvalue weighted by Crippen LogP contribution is 1.97. The molecule has 1 aromatic rings. The lowest BCUT2D eigenvalue weighted by atomic mass is 10.5. The van der Waals surface area contributed by atoms with E-state index in [1.165, 1.54) is 0 Å². The van der Waals surface area contributed by atoms with Crippen LogP contribution < -0.4 is 5.32 Å². The standard InChI is InChI=1S/C9H13FN4O/c1-3-14(2)8(15)6-13-9-11-4-7(10)5-12-9/h4-5H,3,6H2,1-2H3,(H,11,12,13). The van der Waals surface area contributed by atoms with Gasteiger partial charge in [0.15, 0.2) is 5.82 Å². The Morgan fingerprint density at radius 1 is 1.53 bits per heavy atom. The van der Waals surface area contributed by atoms with Crippen LogP contribution in [0, 0.1) is 5.82 Å². The van der Waals surface area contributed by atoms with Gasteiger partial charge in [-0.3, -0.25) is 4.79 Å². The zero-order valence-corrected chi connectivity index (χ0v) is 8.70. The Morgan fingerprint density at radius 2 is 2.13 bits per heavy atom. The Bertz CT molecular complexity index is 327. The van der Waals surface area contributed by atoms with E-state index >= 15 is 0 Å². The Morgan fingerprint density at radius 3 is 2.67 bits per heavy atom. The quantitative estimate of drug-likeness (QED) is 0.789. The third kappa shape index (κ3) is 3.49. The molecule has 0 aliphatic carbocycles. The van der Waals surface area contributed by atoms with Crippen LogP contribution in [-0.2, 0) is 4.79 Å². The van der Waals surface area contributed by atoms with Gasteiger partial charge in [0.05, 0.1) is 18.9 Å². The molecule has 0 aliphatic heterocycles. The minimum absolute atomic E-state index is 0.0644. The van der Waals surface area contributed by atoms with E-state index < -0.39 is 5.82 Å². The lowest BCUT2D eigenvalue weighted by molar-refractivity contribution is -0.127. The number of nitrogens with zero attached hydrogens (tertiary/aromatic N) is 3. The largest absolute Gasteiger partial charge is 0.345 e. The van der Waals surface area contributed by atoms with Gasteiger partial charge in [0.2, 0.25) is 11.9 Å². The maximum atomic E-state index is 12.4. The van der Waals surface area contributed by atoms with E-state index in [-0.39, 0.29) is 18.4 Å². The SMILES string of the molecule is CCN(C)C(=O)CNc1ncc(F)cn1. The van der Waals surface area contributed by atoms with Crippen molar-refractivity contribution in [2.75, 3.05) is 25.5 Å². The number of halogens is 1. The highest BCUT2D eigenvalue weighted by Gasteiger charge is 2.06. The summed E-state index contributed by atoms with van der Waals surface area (Å²) >= 11 is 0. The number of hydrogen-bond donors (Lipinski definition) is 1. The molecule has 0 fully saturated rings. The first-order chi connectivity index (χ1) is 7.13. The van der Waals surface area contributed by atoms with Gasteiger partial charge in [-0.15, -0.1) is 0 Å². The van der Waals surface area contributed by atoms with Gasteiger partial charge < -0.3 is 10.2 Å². The molecule has 1 amide bonds. The van der Waals surface area contributed by atoms with Crippen molar-refractivity contribution in [1.29, 1.82) is 0 Å². The monoisotopic (exact) mass is 212 g/mol. The Hall–Kier alpha value is -1.72. The fourth-order valence-electron chi connectivity index (χ4n) is 0.870. The fraction of sp³-hybridized carbons (Fsp3) is 0.444. The molecule has 1 heterocycles. The van der Waals surface area contributed by atoms with Gasteiger partial charge in [-0.25, -0.2) is 14.4 Å². The second-order valence-electron chi connectivity index (χ2n) is 2.99. The smallest absolute Gasteiger partial charge is 0.241 e. The second kappa shape index (κ2) is 5.23. The highest BCUT2D eigenvalue weighted by molar-refractivity contribution is 5.79. The van der Waals surface area contributed by atoms with E-state index in [9.17, 15) is 9.18 Å². The van der Waals surface area contributed by atoms with Crippen LogP contribution in [0.5, 0.6) is 0 Å². The molecule has 1 rings (SSSR count). The van der Waals surface area contributed by atoms with Crippen molar-refractivity contribution in [1.82, 2.24) is 14.9 Å². The van der Waals surface area contributed by atoms with Gasteiger partial charge in [0, 0.05) is 13.6 Å². The van der Waals surface area contributed by atoms with Crippen LogP contribution in [0.4, 0.5) is 10.3 Å². The summed E-state index contributed by atoms with van der Waals surface area (Å²) in [5.41, 5.74) is 0. The summed E-state index contributed by atoms with van der Waals surface area (Å²) in [6.45, 7) is 2.63. The fourth-order valence-corrected chi connectivity index (χ4v) is 0.870. The van der Waals surface area contributed by atoms with Crippen molar-refractivity contribution >= 4 is 11.9 Å². The number of aromatic nitrogens is 2. The van der Waals surface area contributed by atoms with Gasteiger partial charge >= 0.3 is 0 Å². The average molecular weight is 212 g/mol. The van der Waals surface area contributed by atoms with Crippen LogP contribution in [0.15, 0.2) is 12.4 Å². The lowest BCUT2D eigenvalue weighted by Gasteiger charge is -2.14. The topological polar surface area (TPSA) is 58.1 Å². The van der Waals surface area contributed by atoms with Gasteiger partial charge in [0.1, 0.15) is 0 Å². The van der Waals surface area contributed by atoms with Crippen molar-refractivity contribution in [3.63, 3.8) is 0 Å². The normalized spacial score (nSPS) is 9.80. The molecule has 0 unspecified atom stereocenters. The zero-order valence-electron chi connectivity index (χ0n) is 8.70. The van der Waals surface area contributed by atoms with Gasteiger partial charge in [-0.1, -0.05) is 0 Å². The molecule has 0 aromatic carbocycles. The molecule has 5 nitrogen and oxygen atoms in total. The summed E-state index contributed by atoms with van der Waals surface area (Å²) in [5.74, 6) is -0.322. The minimum Gasteiger partial charge on any atom is -0.345 e. The molecule has 0 bridgehead atoms. The molecular weight excluding hydrogens is 199 g/mol. The third-order valence-electron chi connectivity index (χ3n) is 1.92. The summed E-state index contributed by atoms with van der Waals surface area (Å²) in [6, 6.07) is 0.